The first-order chi connectivity index (χ1) is 19.5. The van der Waals surface area contributed by atoms with Crippen LogP contribution in [0.3, 0.4) is 0 Å². The summed E-state index contributed by atoms with van der Waals surface area (Å²) in [6.45, 7) is 1.85. The van der Waals surface area contributed by atoms with Crippen molar-refractivity contribution < 1.29 is 31.1 Å². The van der Waals surface area contributed by atoms with Crippen LogP contribution in [0.5, 0.6) is 11.6 Å². The Bertz CT molecular complexity index is 1950. The third-order valence-electron chi connectivity index (χ3n) is 6.76. The van der Waals surface area contributed by atoms with Gasteiger partial charge < -0.3 is 15.5 Å². The number of nitrogen functional groups attached to an aromatic ring is 1. The summed E-state index contributed by atoms with van der Waals surface area (Å²) in [5.74, 6) is -3.74. The van der Waals surface area contributed by atoms with Crippen LogP contribution in [0.1, 0.15) is 28.0 Å². The van der Waals surface area contributed by atoms with Crippen molar-refractivity contribution in [1.29, 1.82) is 0 Å². The number of nitrogens with one attached hydrogen (secondary N) is 1. The number of rotatable bonds is 6. The van der Waals surface area contributed by atoms with Gasteiger partial charge in [0, 0.05) is 23.5 Å². The largest absolute Gasteiger partial charge is 0.433 e. The van der Waals surface area contributed by atoms with Gasteiger partial charge in [-0.1, -0.05) is 6.07 Å². The van der Waals surface area contributed by atoms with Gasteiger partial charge >= 0.3 is 0 Å². The van der Waals surface area contributed by atoms with Crippen LogP contribution in [0.25, 0.3) is 16.6 Å². The number of aromatic nitrogens is 4. The number of hydrogen-bond donors (Lipinski definition) is 2. The van der Waals surface area contributed by atoms with Crippen molar-refractivity contribution in [2.24, 2.45) is 0 Å². The van der Waals surface area contributed by atoms with E-state index in [9.17, 15) is 26.4 Å². The molecule has 3 N–H and O–H groups in total. The maximum absolute atomic E-state index is 14.8. The molecule has 0 saturated carbocycles. The molecule has 6 rings (SSSR count). The van der Waals surface area contributed by atoms with Crippen molar-refractivity contribution in [3.8, 4) is 17.3 Å². The fraction of sp³-hybridized carbons (Fsp3) is 0.148. The van der Waals surface area contributed by atoms with Gasteiger partial charge in [-0.05, 0) is 49.2 Å². The molecule has 5 aromatic rings. The molecule has 1 fully saturated rings. The van der Waals surface area contributed by atoms with E-state index in [1.165, 1.54) is 47.4 Å². The molecule has 0 bridgehead atoms. The van der Waals surface area contributed by atoms with Crippen LogP contribution in [-0.2, 0) is 10.0 Å². The second kappa shape index (κ2) is 9.66. The zero-order valence-corrected chi connectivity index (χ0v) is 22.2. The highest BCUT2D eigenvalue weighted by Gasteiger charge is 2.31. The quantitative estimate of drug-likeness (QED) is 0.279. The molecule has 0 atom stereocenters. The number of carbonyl (C=O) groups excluding carboxylic acids is 1. The van der Waals surface area contributed by atoms with E-state index in [1.807, 2.05) is 0 Å². The molecule has 0 amide bonds. The third kappa shape index (κ3) is 4.55. The Hall–Kier alpha value is -4.85. The number of benzene rings is 2. The van der Waals surface area contributed by atoms with E-state index in [0.717, 1.165) is 16.4 Å². The summed E-state index contributed by atoms with van der Waals surface area (Å²) < 4.78 is 74.9. The molecule has 41 heavy (non-hydrogen) atoms. The molecule has 0 spiro atoms. The van der Waals surface area contributed by atoms with Crippen molar-refractivity contribution in [1.82, 2.24) is 19.7 Å². The summed E-state index contributed by atoms with van der Waals surface area (Å²) in [6, 6.07) is 8.75. The molecular weight excluding hydrogens is 561 g/mol. The lowest BCUT2D eigenvalue weighted by Crippen LogP contribution is -2.26. The van der Waals surface area contributed by atoms with E-state index in [1.54, 1.807) is 6.92 Å². The van der Waals surface area contributed by atoms with Crippen LogP contribution in [0.2, 0.25) is 0 Å². The molecule has 0 unspecified atom stereocenters. The molecule has 210 valence electrons. The minimum absolute atomic E-state index is 0.0117. The lowest BCUT2D eigenvalue weighted by Gasteiger charge is -2.17. The minimum Gasteiger partial charge on any atom is -0.433 e. The second-order valence-electron chi connectivity index (χ2n) is 9.46. The maximum atomic E-state index is 14.8. The van der Waals surface area contributed by atoms with Crippen molar-refractivity contribution in [2.75, 3.05) is 22.3 Å². The molecule has 10 nitrogen and oxygen atoms in total. The Balaban J connectivity index is 1.29. The number of hydrogen-bond acceptors (Lipinski definition) is 7. The SMILES string of the molecule is Cc1cc(Oc2c(F)cccc2F)ncc1-n1ncc(C(=O)c2cc3cc(F)c(N4CCCS4(=O)=O)cc3[nH]2)c1N. The minimum atomic E-state index is -3.60. The molecule has 1 saturated heterocycles. The summed E-state index contributed by atoms with van der Waals surface area (Å²) in [7, 11) is -3.60. The number of ketones is 1. The number of aromatic amines is 1. The average molecular weight is 583 g/mol. The monoisotopic (exact) mass is 582 g/mol. The molecular formula is C27H21F3N6O4S. The van der Waals surface area contributed by atoms with E-state index < -0.39 is 39.0 Å². The van der Waals surface area contributed by atoms with Crippen LogP contribution >= 0.6 is 0 Å². The van der Waals surface area contributed by atoms with Gasteiger partial charge in [0.2, 0.25) is 27.4 Å². The van der Waals surface area contributed by atoms with E-state index in [4.69, 9.17) is 10.5 Å². The highest BCUT2D eigenvalue weighted by Crippen LogP contribution is 2.32. The summed E-state index contributed by atoms with van der Waals surface area (Å²) in [6.07, 6.45) is 3.00. The summed E-state index contributed by atoms with van der Waals surface area (Å²) in [5.41, 5.74) is 7.63. The van der Waals surface area contributed by atoms with Crippen LogP contribution in [0.4, 0.5) is 24.7 Å². The standard InChI is InChI=1S/C27H21F3N6O4S/c1-14-8-24(40-26-17(28)4-2-5-18(26)29)32-13-23(14)36-27(31)16(12-33-36)25(37)21-10-15-9-19(30)22(11-20(15)34-21)35-6-3-7-41(35,38)39/h2,4-5,8-13,34H,3,6-7,31H2,1H3. The number of sulfonamides is 1. The highest BCUT2D eigenvalue weighted by molar-refractivity contribution is 7.93. The van der Waals surface area contributed by atoms with E-state index in [-0.39, 0.29) is 40.9 Å². The van der Waals surface area contributed by atoms with Gasteiger partial charge in [0.05, 0.1) is 40.8 Å². The van der Waals surface area contributed by atoms with E-state index in [0.29, 0.717) is 28.6 Å². The van der Waals surface area contributed by atoms with Crippen molar-refractivity contribution in [2.45, 2.75) is 13.3 Å². The first kappa shape index (κ1) is 26.4. The first-order valence-electron chi connectivity index (χ1n) is 12.3. The molecule has 14 heteroatoms. The van der Waals surface area contributed by atoms with Crippen LogP contribution in [0.15, 0.2) is 54.9 Å². The van der Waals surface area contributed by atoms with Crippen LogP contribution < -0.4 is 14.8 Å². The van der Waals surface area contributed by atoms with Crippen molar-refractivity contribution in [3.63, 3.8) is 0 Å². The smallest absolute Gasteiger partial charge is 0.235 e. The summed E-state index contributed by atoms with van der Waals surface area (Å²) in [4.78, 5) is 20.4. The number of pyridine rings is 1. The topological polar surface area (TPSA) is 136 Å². The predicted octanol–water partition coefficient (Wildman–Crippen LogP) is 4.62. The maximum Gasteiger partial charge on any atom is 0.235 e. The van der Waals surface area contributed by atoms with E-state index in [2.05, 4.69) is 15.1 Å². The zero-order chi connectivity index (χ0) is 29.1. The van der Waals surface area contributed by atoms with Gasteiger partial charge in [-0.2, -0.15) is 5.10 Å². The molecule has 2 aromatic carbocycles. The van der Waals surface area contributed by atoms with Crippen LogP contribution in [0, 0.1) is 24.4 Å². The van der Waals surface area contributed by atoms with Gasteiger partial charge in [-0.3, -0.25) is 9.10 Å². The van der Waals surface area contributed by atoms with Gasteiger partial charge in [0.1, 0.15) is 11.6 Å². The zero-order valence-electron chi connectivity index (χ0n) is 21.4. The number of halogens is 3. The molecule has 1 aliphatic rings. The Kier molecular flexibility index (Phi) is 6.21. The number of aryl methyl sites for hydroxylation is 1. The van der Waals surface area contributed by atoms with Crippen molar-refractivity contribution in [3.05, 3.63) is 89.1 Å². The van der Waals surface area contributed by atoms with Gasteiger partial charge in [-0.25, -0.2) is 31.3 Å². The molecule has 3 aromatic heterocycles. The first-order valence-corrected chi connectivity index (χ1v) is 13.9. The fourth-order valence-electron chi connectivity index (χ4n) is 4.72. The van der Waals surface area contributed by atoms with Gasteiger partial charge in [0.15, 0.2) is 11.6 Å². The number of fused-ring (bicyclic) bond motifs is 1. The Morgan fingerprint density at radius 2 is 1.80 bits per heavy atom. The molecule has 1 aliphatic heterocycles. The number of para-hydroxylation sites is 1. The normalized spacial score (nSPS) is 14.6. The lowest BCUT2D eigenvalue weighted by molar-refractivity contribution is 0.103. The molecule has 4 heterocycles. The number of ether oxygens (including phenoxy) is 1. The lowest BCUT2D eigenvalue weighted by atomic mass is 10.1. The number of H-pyrrole nitrogens is 1. The van der Waals surface area contributed by atoms with Crippen LogP contribution in [-0.4, -0.2) is 46.2 Å². The highest BCUT2D eigenvalue weighted by atomic mass is 32.2. The average Bonchev–Trinajstić information content (AvgIpc) is 3.61. The Morgan fingerprint density at radius 3 is 2.49 bits per heavy atom. The predicted molar refractivity (Wildman–Crippen MR) is 144 cm³/mol. The number of nitrogens with zero attached hydrogens (tertiary/aromatic N) is 4. The Labute approximate surface area is 231 Å². The third-order valence-corrected chi connectivity index (χ3v) is 8.62. The Morgan fingerprint density at radius 1 is 1.05 bits per heavy atom. The van der Waals surface area contributed by atoms with Gasteiger partial charge in [0.25, 0.3) is 0 Å². The van der Waals surface area contributed by atoms with E-state index >= 15 is 0 Å². The second-order valence-corrected chi connectivity index (χ2v) is 11.5. The number of nitrogens with two attached hydrogens (primary N) is 1. The molecule has 0 aliphatic carbocycles. The number of anilines is 2. The number of carbonyl (C=O) groups is 1. The summed E-state index contributed by atoms with van der Waals surface area (Å²) >= 11 is 0. The molecule has 0 radical (unpaired) electrons. The summed E-state index contributed by atoms with van der Waals surface area (Å²) in [5, 5.41) is 4.58. The van der Waals surface area contributed by atoms with Gasteiger partial charge in [-0.15, -0.1) is 0 Å². The van der Waals surface area contributed by atoms with Crippen molar-refractivity contribution >= 4 is 38.2 Å². The fourth-order valence-corrected chi connectivity index (χ4v) is 6.28.